The molecule has 0 radical (unpaired) electrons. The molecule has 0 nitrogen and oxygen atoms in total. The van der Waals surface area contributed by atoms with E-state index >= 15 is 0 Å². The first kappa shape index (κ1) is 5.08. The van der Waals surface area contributed by atoms with Crippen molar-refractivity contribution < 1.29 is 13.7 Å². The first-order valence-corrected chi connectivity index (χ1v) is 12.5. The molecule has 17 heavy (non-hydrogen) atoms. The van der Waals surface area contributed by atoms with Gasteiger partial charge in [-0.25, -0.2) is 0 Å². The van der Waals surface area contributed by atoms with Crippen LogP contribution in [-0.2, 0) is 0 Å². The monoisotopic (exact) mass is 342 g/mol. The maximum absolute atomic E-state index is 8.36. The average Bonchev–Trinajstić information content (AvgIpc) is 2.66. The quantitative estimate of drug-likeness (QED) is 0.749. The first-order valence-electron chi connectivity index (χ1n) is 10.6. The maximum atomic E-state index is 8.36. The van der Waals surface area contributed by atoms with Gasteiger partial charge in [-0.3, -0.25) is 0 Å². The third kappa shape index (κ3) is 2.42. The zero-order valence-corrected chi connectivity index (χ0v) is 12.8. The summed E-state index contributed by atoms with van der Waals surface area (Å²) in [5.41, 5.74) is 0. The van der Waals surface area contributed by atoms with E-state index in [1.807, 2.05) is 0 Å². The molecular formula is C16H20Sn. The standard InChI is InChI=1S/2C6H5.2C2H5.Sn/c2*1-2-4-6-5-3-1;2*1-2;/h2*1-5H;2*1H2,2H3;/i2*1D,2D,3D,4D,5D;;;. The molecule has 0 aromatic heterocycles. The Kier molecular flexibility index (Phi) is 1.71. The van der Waals surface area contributed by atoms with Crippen LogP contribution in [0.2, 0.25) is 8.87 Å². The number of hydrogen-bond acceptors (Lipinski definition) is 0. The summed E-state index contributed by atoms with van der Waals surface area (Å²) >= 11 is -4.23. The molecule has 0 aliphatic heterocycles. The molecule has 0 amide bonds. The average molecular weight is 341 g/mol. The van der Waals surface area contributed by atoms with Crippen LogP contribution in [0.3, 0.4) is 0 Å². The van der Waals surface area contributed by atoms with Crippen molar-refractivity contribution in [2.45, 2.75) is 22.7 Å². The Balaban J connectivity index is 3.09. The Morgan fingerprint density at radius 3 is 1.41 bits per heavy atom. The molecule has 0 N–H and O–H groups in total. The van der Waals surface area contributed by atoms with Gasteiger partial charge in [-0.1, -0.05) is 0 Å². The van der Waals surface area contributed by atoms with Gasteiger partial charge in [0.1, 0.15) is 0 Å². The van der Waals surface area contributed by atoms with Crippen LogP contribution >= 0.6 is 0 Å². The van der Waals surface area contributed by atoms with E-state index in [0.717, 1.165) is 0 Å². The molecule has 2 aromatic rings. The minimum absolute atomic E-state index is 0.166. The summed E-state index contributed by atoms with van der Waals surface area (Å²) in [5, 5.41) is 0. The van der Waals surface area contributed by atoms with Gasteiger partial charge in [-0.2, -0.15) is 0 Å². The van der Waals surface area contributed by atoms with Gasteiger partial charge < -0.3 is 0 Å². The van der Waals surface area contributed by atoms with Gasteiger partial charge in [0.25, 0.3) is 0 Å². The van der Waals surface area contributed by atoms with Crippen LogP contribution < -0.4 is 7.16 Å². The predicted octanol–water partition coefficient (Wildman–Crippen LogP) is 3.29. The van der Waals surface area contributed by atoms with Crippen molar-refractivity contribution in [1.82, 2.24) is 0 Å². The Bertz CT molecular complexity index is 791. The van der Waals surface area contributed by atoms with Crippen LogP contribution in [0.25, 0.3) is 0 Å². The number of hydrogen-bond donors (Lipinski definition) is 0. The summed E-state index contributed by atoms with van der Waals surface area (Å²) in [6.45, 7) is 3.61. The zero-order valence-electron chi connectivity index (χ0n) is 19.9. The van der Waals surface area contributed by atoms with Gasteiger partial charge in [-0.15, -0.1) is 0 Å². The Morgan fingerprint density at radius 1 is 0.765 bits per heavy atom. The van der Waals surface area contributed by atoms with Crippen LogP contribution in [0.1, 0.15) is 27.6 Å². The van der Waals surface area contributed by atoms with Gasteiger partial charge >= 0.3 is 122 Å². The van der Waals surface area contributed by atoms with Gasteiger partial charge in [0.05, 0.1) is 0 Å². The van der Waals surface area contributed by atoms with Crippen molar-refractivity contribution in [3.8, 4) is 0 Å². The van der Waals surface area contributed by atoms with Crippen molar-refractivity contribution in [2.24, 2.45) is 0 Å². The van der Waals surface area contributed by atoms with E-state index in [1.165, 1.54) is 0 Å². The minimum atomic E-state index is -4.23. The fraction of sp³-hybridized carbons (Fsp3) is 0.250. The van der Waals surface area contributed by atoms with Crippen molar-refractivity contribution >= 4 is 25.5 Å². The van der Waals surface area contributed by atoms with Crippen LogP contribution in [0.15, 0.2) is 60.4 Å². The molecule has 0 unspecified atom stereocenters. The van der Waals surface area contributed by atoms with Gasteiger partial charge in [0, 0.05) is 0 Å². The van der Waals surface area contributed by atoms with E-state index < -0.39 is 54.6 Å². The Labute approximate surface area is 123 Å². The van der Waals surface area contributed by atoms with E-state index in [0.29, 0.717) is 8.87 Å². The summed E-state index contributed by atoms with van der Waals surface area (Å²) in [6, 6.07) is -4.13. The molecule has 0 bridgehead atoms. The second-order valence-corrected chi connectivity index (χ2v) is 16.9. The molecule has 0 aliphatic carbocycles. The SMILES string of the molecule is [2H]c1c([2H])c([2H])[c]([Sn]([CH2]C)([CH2]C)[c]2c([2H])c([2H])c([2H])c([2H])c2[2H])c([2H])c1[2H]. The number of benzene rings is 2. The molecule has 0 atom stereocenters. The van der Waals surface area contributed by atoms with Crippen LogP contribution in [0, 0.1) is 0 Å². The summed E-state index contributed by atoms with van der Waals surface area (Å²) in [6.07, 6.45) is 0. The van der Waals surface area contributed by atoms with Crippen LogP contribution in [0.5, 0.6) is 0 Å². The molecule has 2 rings (SSSR count). The van der Waals surface area contributed by atoms with E-state index in [4.69, 9.17) is 13.7 Å². The molecule has 0 fully saturated rings. The Hall–Kier alpha value is -0.761. The van der Waals surface area contributed by atoms with Crippen LogP contribution in [-0.4, -0.2) is 18.4 Å². The predicted molar refractivity (Wildman–Crippen MR) is 78.9 cm³/mol. The van der Waals surface area contributed by atoms with Crippen LogP contribution in [0.4, 0.5) is 0 Å². The second-order valence-electron chi connectivity index (χ2n) is 3.79. The van der Waals surface area contributed by atoms with Crippen molar-refractivity contribution in [1.29, 1.82) is 0 Å². The molecule has 88 valence electrons. The van der Waals surface area contributed by atoms with Gasteiger partial charge in [-0.05, 0) is 0 Å². The third-order valence-electron chi connectivity index (χ3n) is 3.16. The van der Waals surface area contributed by atoms with E-state index in [9.17, 15) is 0 Å². The van der Waals surface area contributed by atoms with E-state index in [2.05, 4.69) is 0 Å². The van der Waals surface area contributed by atoms with Gasteiger partial charge in [0.2, 0.25) is 0 Å². The molecule has 0 heterocycles. The topological polar surface area (TPSA) is 0 Å². The first-order chi connectivity index (χ1) is 12.5. The van der Waals surface area contributed by atoms with Crippen molar-refractivity contribution in [3.63, 3.8) is 0 Å². The number of rotatable bonds is 4. The third-order valence-corrected chi connectivity index (χ3v) is 16.9. The molecule has 0 saturated heterocycles. The van der Waals surface area contributed by atoms with E-state index in [-0.39, 0.29) is 31.3 Å². The summed E-state index contributed by atoms with van der Waals surface area (Å²) in [4.78, 5) is 0. The molecule has 0 spiro atoms. The van der Waals surface area contributed by atoms with E-state index in [1.54, 1.807) is 13.8 Å². The molecule has 0 saturated carbocycles. The second kappa shape index (κ2) is 5.72. The molecular weight excluding hydrogens is 311 g/mol. The Morgan fingerprint density at radius 2 is 1.12 bits per heavy atom. The van der Waals surface area contributed by atoms with Crippen molar-refractivity contribution in [2.75, 3.05) is 0 Å². The zero-order chi connectivity index (χ0) is 20.8. The summed E-state index contributed by atoms with van der Waals surface area (Å²) < 4.78 is 82.2. The normalized spacial score (nSPS) is 19.6. The fourth-order valence-electron chi connectivity index (χ4n) is 2.06. The fourth-order valence-corrected chi connectivity index (χ4v) is 11.7. The summed E-state index contributed by atoms with van der Waals surface area (Å²) in [5.74, 6) is 0. The molecule has 2 aromatic carbocycles. The molecule has 1 heteroatoms. The van der Waals surface area contributed by atoms with Gasteiger partial charge in [0.15, 0.2) is 0 Å². The van der Waals surface area contributed by atoms with Crippen molar-refractivity contribution in [3.05, 3.63) is 60.4 Å². The summed E-state index contributed by atoms with van der Waals surface area (Å²) in [7, 11) is 0. The molecule has 0 aliphatic rings.